The highest BCUT2D eigenvalue weighted by atomic mass is 16.3. The van der Waals surface area contributed by atoms with E-state index >= 15 is 0 Å². The van der Waals surface area contributed by atoms with Crippen molar-refractivity contribution in [3.05, 3.63) is 18.3 Å². The smallest absolute Gasteiger partial charge is 0.146 e. The molecule has 5 N–H and O–H groups in total. The van der Waals surface area contributed by atoms with E-state index in [-0.39, 0.29) is 13.2 Å². The van der Waals surface area contributed by atoms with Crippen molar-refractivity contribution >= 4 is 11.5 Å². The highest BCUT2D eigenvalue weighted by Crippen LogP contribution is 2.12. The number of rotatable bonds is 4. The molecule has 0 aliphatic carbocycles. The van der Waals surface area contributed by atoms with Gasteiger partial charge in [0.05, 0.1) is 18.4 Å². The fraction of sp³-hybridized carbons (Fsp3) is 0.375. The van der Waals surface area contributed by atoms with Gasteiger partial charge in [0.25, 0.3) is 0 Å². The van der Waals surface area contributed by atoms with Crippen molar-refractivity contribution in [1.29, 1.82) is 0 Å². The van der Waals surface area contributed by atoms with Crippen LogP contribution >= 0.6 is 0 Å². The van der Waals surface area contributed by atoms with E-state index in [2.05, 4.69) is 10.3 Å². The van der Waals surface area contributed by atoms with Crippen LogP contribution in [0.2, 0.25) is 0 Å². The van der Waals surface area contributed by atoms with E-state index in [1.165, 1.54) is 0 Å². The Balaban J connectivity index is 2.50. The van der Waals surface area contributed by atoms with E-state index in [1.54, 1.807) is 18.3 Å². The second-order valence-corrected chi connectivity index (χ2v) is 2.65. The second-order valence-electron chi connectivity index (χ2n) is 2.65. The average molecular weight is 183 g/mol. The van der Waals surface area contributed by atoms with Gasteiger partial charge in [0, 0.05) is 12.7 Å². The van der Waals surface area contributed by atoms with E-state index in [9.17, 15) is 0 Å². The molecule has 0 amide bonds. The minimum atomic E-state index is -0.778. The van der Waals surface area contributed by atoms with Gasteiger partial charge >= 0.3 is 0 Å². The van der Waals surface area contributed by atoms with E-state index in [0.717, 1.165) is 0 Å². The maximum absolute atomic E-state index is 9.04. The second kappa shape index (κ2) is 4.64. The summed E-state index contributed by atoms with van der Waals surface area (Å²) in [6.07, 6.45) is 0.808. The molecule has 1 aromatic heterocycles. The van der Waals surface area contributed by atoms with Gasteiger partial charge in [0.15, 0.2) is 0 Å². The molecular weight excluding hydrogens is 170 g/mol. The van der Waals surface area contributed by atoms with Crippen LogP contribution < -0.4 is 11.1 Å². The number of nitrogens with zero attached hydrogens (tertiary/aromatic N) is 1. The first-order valence-corrected chi connectivity index (χ1v) is 3.97. The lowest BCUT2D eigenvalue weighted by Gasteiger charge is -2.10. The predicted molar refractivity (Wildman–Crippen MR) is 50.2 cm³/mol. The highest BCUT2D eigenvalue weighted by molar-refractivity contribution is 5.60. The summed E-state index contributed by atoms with van der Waals surface area (Å²) in [5.41, 5.74) is 6.19. The SMILES string of the molecule is Nc1ncccc1NCC(O)CO. The van der Waals surface area contributed by atoms with Crippen LogP contribution in [-0.4, -0.2) is 34.5 Å². The molecule has 1 rings (SSSR count). The molecule has 0 aliphatic rings. The molecular formula is C8H13N3O2. The lowest BCUT2D eigenvalue weighted by atomic mass is 10.3. The van der Waals surface area contributed by atoms with Gasteiger partial charge in [-0.05, 0) is 12.1 Å². The zero-order valence-corrected chi connectivity index (χ0v) is 7.14. The maximum Gasteiger partial charge on any atom is 0.146 e. The van der Waals surface area contributed by atoms with Crippen LogP contribution in [0.15, 0.2) is 18.3 Å². The third-order valence-electron chi connectivity index (χ3n) is 1.58. The summed E-state index contributed by atoms with van der Waals surface area (Å²) >= 11 is 0. The van der Waals surface area contributed by atoms with Crippen molar-refractivity contribution in [2.45, 2.75) is 6.10 Å². The molecule has 5 heteroatoms. The zero-order chi connectivity index (χ0) is 9.68. The topological polar surface area (TPSA) is 91.4 Å². The average Bonchev–Trinajstić information content (AvgIpc) is 2.16. The van der Waals surface area contributed by atoms with Crippen molar-refractivity contribution in [2.75, 3.05) is 24.2 Å². The molecule has 0 spiro atoms. The molecule has 1 aromatic rings. The number of aliphatic hydroxyl groups excluding tert-OH is 2. The third kappa shape index (κ3) is 2.89. The van der Waals surface area contributed by atoms with E-state index in [1.807, 2.05) is 0 Å². The van der Waals surface area contributed by atoms with Gasteiger partial charge in [0.2, 0.25) is 0 Å². The first-order valence-electron chi connectivity index (χ1n) is 3.97. The van der Waals surface area contributed by atoms with Crippen LogP contribution in [0.4, 0.5) is 11.5 Å². The molecule has 0 radical (unpaired) electrons. The molecule has 0 saturated heterocycles. The van der Waals surface area contributed by atoms with Crippen molar-refractivity contribution in [3.8, 4) is 0 Å². The summed E-state index contributed by atoms with van der Waals surface area (Å²) in [6, 6.07) is 3.50. The predicted octanol–water partition coefficient (Wildman–Crippen LogP) is -0.571. The van der Waals surface area contributed by atoms with Gasteiger partial charge in [0.1, 0.15) is 5.82 Å². The standard InChI is InChI=1S/C8H13N3O2/c9-8-7(2-1-3-10-8)11-4-6(13)5-12/h1-3,6,11-13H,4-5H2,(H2,9,10). The molecule has 1 heterocycles. The molecule has 0 aromatic carbocycles. The molecule has 1 unspecified atom stereocenters. The largest absolute Gasteiger partial charge is 0.394 e. The Hall–Kier alpha value is -1.33. The summed E-state index contributed by atoms with van der Waals surface area (Å²) in [6.45, 7) is -0.0143. The fourth-order valence-electron chi connectivity index (χ4n) is 0.859. The van der Waals surface area contributed by atoms with Crippen molar-refractivity contribution < 1.29 is 10.2 Å². The first-order chi connectivity index (χ1) is 6.24. The van der Waals surface area contributed by atoms with Gasteiger partial charge < -0.3 is 21.3 Å². The summed E-state index contributed by atoms with van der Waals surface area (Å²) in [4.78, 5) is 3.85. The Kier molecular flexibility index (Phi) is 3.48. The number of nitrogens with two attached hydrogens (primary N) is 1. The van der Waals surface area contributed by atoms with Crippen molar-refractivity contribution in [3.63, 3.8) is 0 Å². The Morgan fingerprint density at radius 3 is 3.00 bits per heavy atom. The maximum atomic E-state index is 9.04. The molecule has 0 aliphatic heterocycles. The van der Waals surface area contributed by atoms with Crippen LogP contribution in [0.25, 0.3) is 0 Å². The van der Waals surface area contributed by atoms with Crippen LogP contribution in [0.3, 0.4) is 0 Å². The molecule has 1 atom stereocenters. The molecule has 0 bridgehead atoms. The number of hydrogen-bond acceptors (Lipinski definition) is 5. The van der Waals surface area contributed by atoms with Gasteiger partial charge in [-0.25, -0.2) is 4.98 Å². The normalized spacial score (nSPS) is 12.5. The lowest BCUT2D eigenvalue weighted by molar-refractivity contribution is 0.105. The van der Waals surface area contributed by atoms with Crippen molar-refractivity contribution in [2.24, 2.45) is 0 Å². The van der Waals surface area contributed by atoms with Crippen LogP contribution in [0, 0.1) is 0 Å². The van der Waals surface area contributed by atoms with E-state index < -0.39 is 6.10 Å². The molecule has 0 fully saturated rings. The van der Waals surface area contributed by atoms with Gasteiger partial charge in [-0.1, -0.05) is 0 Å². The minimum Gasteiger partial charge on any atom is -0.394 e. The number of aliphatic hydroxyl groups is 2. The molecule has 13 heavy (non-hydrogen) atoms. The van der Waals surface area contributed by atoms with Crippen LogP contribution in [0.1, 0.15) is 0 Å². The summed E-state index contributed by atoms with van der Waals surface area (Å²) in [5.74, 6) is 0.382. The molecule has 0 saturated carbocycles. The highest BCUT2D eigenvalue weighted by Gasteiger charge is 2.02. The Morgan fingerprint density at radius 2 is 2.38 bits per heavy atom. The zero-order valence-electron chi connectivity index (χ0n) is 7.14. The van der Waals surface area contributed by atoms with E-state index in [0.29, 0.717) is 11.5 Å². The van der Waals surface area contributed by atoms with Gasteiger partial charge in [-0.3, -0.25) is 0 Å². The number of hydrogen-bond donors (Lipinski definition) is 4. The third-order valence-corrected chi connectivity index (χ3v) is 1.58. The monoisotopic (exact) mass is 183 g/mol. The van der Waals surface area contributed by atoms with E-state index in [4.69, 9.17) is 15.9 Å². The number of aromatic nitrogens is 1. The molecule has 72 valence electrons. The Morgan fingerprint density at radius 1 is 1.62 bits per heavy atom. The van der Waals surface area contributed by atoms with Crippen molar-refractivity contribution in [1.82, 2.24) is 4.98 Å². The number of anilines is 2. The van der Waals surface area contributed by atoms with Gasteiger partial charge in [-0.15, -0.1) is 0 Å². The molecule has 5 nitrogen and oxygen atoms in total. The number of pyridine rings is 1. The summed E-state index contributed by atoms with van der Waals surface area (Å²) in [7, 11) is 0. The Bertz CT molecular complexity index is 267. The number of nitrogen functional groups attached to an aromatic ring is 1. The fourth-order valence-corrected chi connectivity index (χ4v) is 0.859. The quantitative estimate of drug-likeness (QED) is 0.501. The number of nitrogens with one attached hydrogen (secondary N) is 1. The lowest BCUT2D eigenvalue weighted by Crippen LogP contribution is -2.23. The van der Waals surface area contributed by atoms with Crippen LogP contribution in [0.5, 0.6) is 0 Å². The van der Waals surface area contributed by atoms with Crippen LogP contribution in [-0.2, 0) is 0 Å². The summed E-state index contributed by atoms with van der Waals surface area (Å²) < 4.78 is 0. The summed E-state index contributed by atoms with van der Waals surface area (Å²) in [5, 5.41) is 20.4. The minimum absolute atomic E-state index is 0.256. The first kappa shape index (κ1) is 9.76. The van der Waals surface area contributed by atoms with Gasteiger partial charge in [-0.2, -0.15) is 0 Å². The Labute approximate surface area is 76.2 Å².